The molecule has 0 atom stereocenters. The highest BCUT2D eigenvalue weighted by atomic mass is 79.9. The summed E-state index contributed by atoms with van der Waals surface area (Å²) in [4.78, 5) is 14.5. The van der Waals surface area contributed by atoms with E-state index >= 15 is 0 Å². The third-order valence-corrected chi connectivity index (χ3v) is 1.96. The number of aromatic nitrogens is 1. The van der Waals surface area contributed by atoms with Gasteiger partial charge in [0.25, 0.3) is 6.43 Å². The summed E-state index contributed by atoms with van der Waals surface area (Å²) < 4.78 is 24.3. The van der Waals surface area contributed by atoms with E-state index in [-0.39, 0.29) is 22.4 Å². The molecule has 0 saturated heterocycles. The van der Waals surface area contributed by atoms with Crippen LogP contribution in [0.25, 0.3) is 0 Å². The Kier molecular flexibility index (Phi) is 3.48. The molecule has 0 aliphatic carbocycles. The number of carbonyl (C=O) groups excluding carboxylic acids is 1. The molecule has 0 aromatic carbocycles. The van der Waals surface area contributed by atoms with E-state index in [0.717, 1.165) is 6.07 Å². The van der Waals surface area contributed by atoms with E-state index < -0.39 is 6.43 Å². The fourth-order valence-corrected chi connectivity index (χ4v) is 1.14. The quantitative estimate of drug-likeness (QED) is 0.609. The first-order chi connectivity index (χ1) is 6.15. The van der Waals surface area contributed by atoms with E-state index in [1.165, 1.54) is 12.3 Å². The maximum absolute atomic E-state index is 12.1. The lowest BCUT2D eigenvalue weighted by Gasteiger charge is -2.00. The third-order valence-electron chi connectivity index (χ3n) is 1.45. The average Bonchev–Trinajstić information content (AvgIpc) is 2.17. The molecule has 0 aliphatic heterocycles. The first kappa shape index (κ1) is 10.2. The second-order valence-electron chi connectivity index (χ2n) is 2.33. The Labute approximate surface area is 82.1 Å². The van der Waals surface area contributed by atoms with E-state index in [0.29, 0.717) is 0 Å². The van der Waals surface area contributed by atoms with E-state index in [9.17, 15) is 13.6 Å². The molecular formula is C8H6BrF2NO. The van der Waals surface area contributed by atoms with Crippen molar-refractivity contribution in [2.24, 2.45) is 0 Å². The van der Waals surface area contributed by atoms with Crippen LogP contribution < -0.4 is 0 Å². The van der Waals surface area contributed by atoms with Crippen LogP contribution in [0.3, 0.4) is 0 Å². The summed E-state index contributed by atoms with van der Waals surface area (Å²) in [6, 6.07) is 2.52. The number of pyridine rings is 1. The van der Waals surface area contributed by atoms with Crippen LogP contribution >= 0.6 is 15.9 Å². The van der Waals surface area contributed by atoms with E-state index in [2.05, 4.69) is 20.9 Å². The van der Waals surface area contributed by atoms with Gasteiger partial charge in [-0.1, -0.05) is 15.9 Å². The van der Waals surface area contributed by atoms with Crippen LogP contribution in [-0.4, -0.2) is 16.1 Å². The van der Waals surface area contributed by atoms with Crippen molar-refractivity contribution in [1.82, 2.24) is 4.98 Å². The second-order valence-corrected chi connectivity index (χ2v) is 2.89. The molecule has 0 amide bonds. The van der Waals surface area contributed by atoms with Crippen molar-refractivity contribution in [2.45, 2.75) is 6.43 Å². The molecule has 70 valence electrons. The zero-order valence-corrected chi connectivity index (χ0v) is 8.09. The predicted molar refractivity (Wildman–Crippen MR) is 47.3 cm³/mol. The summed E-state index contributed by atoms with van der Waals surface area (Å²) in [5, 5.41) is 0.125. The molecule has 2 nitrogen and oxygen atoms in total. The van der Waals surface area contributed by atoms with Gasteiger partial charge >= 0.3 is 0 Å². The number of halogens is 3. The van der Waals surface area contributed by atoms with E-state index in [4.69, 9.17) is 0 Å². The zero-order chi connectivity index (χ0) is 9.84. The monoisotopic (exact) mass is 249 g/mol. The van der Waals surface area contributed by atoms with Crippen molar-refractivity contribution >= 4 is 21.7 Å². The molecule has 0 bridgehead atoms. The van der Waals surface area contributed by atoms with Gasteiger partial charge in [-0.3, -0.25) is 9.78 Å². The first-order valence-corrected chi connectivity index (χ1v) is 4.60. The Morgan fingerprint density at radius 1 is 1.62 bits per heavy atom. The fraction of sp³-hybridized carbons (Fsp3) is 0.250. The Hall–Kier alpha value is -0.840. The van der Waals surface area contributed by atoms with Gasteiger partial charge in [0.2, 0.25) is 0 Å². The average molecular weight is 250 g/mol. The molecular weight excluding hydrogens is 244 g/mol. The minimum Gasteiger partial charge on any atom is -0.293 e. The highest BCUT2D eigenvalue weighted by Gasteiger charge is 2.11. The number of ketones is 1. The highest BCUT2D eigenvalue weighted by molar-refractivity contribution is 9.09. The van der Waals surface area contributed by atoms with E-state index in [1.807, 2.05) is 0 Å². The standard InChI is InChI=1S/C8H6BrF2NO/c9-4-7(13)5-1-2-12-6(3-5)8(10)11/h1-3,8H,4H2. The van der Waals surface area contributed by atoms with Gasteiger partial charge in [0.1, 0.15) is 5.69 Å². The van der Waals surface area contributed by atoms with Crippen molar-refractivity contribution in [1.29, 1.82) is 0 Å². The SMILES string of the molecule is O=C(CBr)c1ccnc(C(F)F)c1. The molecule has 0 unspecified atom stereocenters. The summed E-state index contributed by atoms with van der Waals surface area (Å²) in [6.45, 7) is 0. The molecule has 0 N–H and O–H groups in total. The maximum Gasteiger partial charge on any atom is 0.280 e. The maximum atomic E-state index is 12.1. The van der Waals surface area contributed by atoms with Crippen LogP contribution in [0, 0.1) is 0 Å². The number of Topliss-reactive ketones (excluding diaryl/α,β-unsaturated/α-hetero) is 1. The van der Waals surface area contributed by atoms with Crippen molar-refractivity contribution in [2.75, 3.05) is 5.33 Å². The van der Waals surface area contributed by atoms with Crippen LogP contribution in [0.4, 0.5) is 8.78 Å². The van der Waals surface area contributed by atoms with Crippen LogP contribution in [0.2, 0.25) is 0 Å². The molecule has 1 rings (SSSR count). The first-order valence-electron chi connectivity index (χ1n) is 3.48. The lowest BCUT2D eigenvalue weighted by molar-refractivity contribution is 0.102. The van der Waals surface area contributed by atoms with Gasteiger partial charge in [0, 0.05) is 11.8 Å². The number of alkyl halides is 3. The summed E-state index contributed by atoms with van der Waals surface area (Å²) in [7, 11) is 0. The molecule has 5 heteroatoms. The molecule has 0 spiro atoms. The second kappa shape index (κ2) is 4.41. The van der Waals surface area contributed by atoms with Gasteiger partial charge < -0.3 is 0 Å². The van der Waals surface area contributed by atoms with Crippen LogP contribution in [0.5, 0.6) is 0 Å². The number of rotatable bonds is 3. The predicted octanol–water partition coefficient (Wildman–Crippen LogP) is 2.60. The van der Waals surface area contributed by atoms with Gasteiger partial charge in [-0.15, -0.1) is 0 Å². The number of hydrogen-bond donors (Lipinski definition) is 0. The smallest absolute Gasteiger partial charge is 0.280 e. The summed E-state index contributed by atoms with van der Waals surface area (Å²) in [5.41, 5.74) is -0.117. The van der Waals surface area contributed by atoms with Gasteiger partial charge in [-0.05, 0) is 12.1 Å². The molecule has 13 heavy (non-hydrogen) atoms. The van der Waals surface area contributed by atoms with Crippen molar-refractivity contribution in [3.63, 3.8) is 0 Å². The largest absolute Gasteiger partial charge is 0.293 e. The Bertz CT molecular complexity index is 317. The number of nitrogens with zero attached hydrogens (tertiary/aromatic N) is 1. The fourth-order valence-electron chi connectivity index (χ4n) is 0.818. The molecule has 0 radical (unpaired) electrons. The molecule has 0 fully saturated rings. The van der Waals surface area contributed by atoms with Crippen molar-refractivity contribution in [3.05, 3.63) is 29.6 Å². The van der Waals surface area contributed by atoms with Gasteiger partial charge in [-0.25, -0.2) is 8.78 Å². The molecule has 0 aliphatic rings. The topological polar surface area (TPSA) is 30.0 Å². The normalized spacial score (nSPS) is 10.5. The van der Waals surface area contributed by atoms with Crippen LogP contribution in [0.1, 0.15) is 22.5 Å². The van der Waals surface area contributed by atoms with Crippen molar-refractivity contribution < 1.29 is 13.6 Å². The number of hydrogen-bond acceptors (Lipinski definition) is 2. The van der Waals surface area contributed by atoms with Gasteiger partial charge in [0.15, 0.2) is 5.78 Å². The van der Waals surface area contributed by atoms with Crippen LogP contribution in [-0.2, 0) is 0 Å². The summed E-state index contributed by atoms with van der Waals surface area (Å²) in [6.07, 6.45) is -1.43. The minimum absolute atomic E-state index is 0.125. The summed E-state index contributed by atoms with van der Waals surface area (Å²) in [5.74, 6) is -0.232. The Morgan fingerprint density at radius 2 is 2.31 bits per heavy atom. The Morgan fingerprint density at radius 3 is 2.85 bits per heavy atom. The number of carbonyl (C=O) groups is 1. The third kappa shape index (κ3) is 2.55. The lowest BCUT2D eigenvalue weighted by Crippen LogP contribution is -2.02. The highest BCUT2D eigenvalue weighted by Crippen LogP contribution is 2.17. The summed E-state index contributed by atoms with van der Waals surface area (Å²) >= 11 is 2.96. The van der Waals surface area contributed by atoms with Gasteiger partial charge in [-0.2, -0.15) is 0 Å². The molecule has 1 aromatic heterocycles. The van der Waals surface area contributed by atoms with Crippen LogP contribution in [0.15, 0.2) is 18.3 Å². The van der Waals surface area contributed by atoms with Gasteiger partial charge in [0.05, 0.1) is 5.33 Å². The zero-order valence-electron chi connectivity index (χ0n) is 6.51. The molecule has 0 saturated carbocycles. The molecule has 1 aromatic rings. The Balaban J connectivity index is 2.98. The van der Waals surface area contributed by atoms with Crippen molar-refractivity contribution in [3.8, 4) is 0 Å². The minimum atomic E-state index is -2.64. The van der Waals surface area contributed by atoms with E-state index in [1.54, 1.807) is 0 Å². The lowest BCUT2D eigenvalue weighted by atomic mass is 10.2. The molecule has 1 heterocycles.